The van der Waals surface area contributed by atoms with E-state index in [1.54, 1.807) is 27.0 Å². The molecular weight excluding hydrogens is 969 g/mol. The van der Waals surface area contributed by atoms with Crippen LogP contribution in [0.15, 0.2) is 91.0 Å². The number of fused-ring (bicyclic) bond motifs is 8. The molecule has 0 bridgehead atoms. The van der Waals surface area contributed by atoms with Crippen molar-refractivity contribution in [3.8, 4) is 17.2 Å². The number of hydrogen-bond donors (Lipinski definition) is 2. The second-order valence-electron chi connectivity index (χ2n) is 22.2. The van der Waals surface area contributed by atoms with Crippen molar-refractivity contribution >= 4 is 52.3 Å². The van der Waals surface area contributed by atoms with Crippen LogP contribution < -0.4 is 34.6 Å². The SMILES string of the molecule is COc1cc2c(cc1OCc1cc(COc3cc4c(cc3C)C(=O)N3c5ccccc5C[C@H]3CC4)cc(NC(=O)[C@H](C)CC(=O)[C@H](C)NC(=O)CCCCC(=O)CCCCC(C)C)c1)CC[C@@H]1Cc3ccccc3N1C2=O. The zero-order chi connectivity index (χ0) is 54.3. The van der Waals surface area contributed by atoms with Gasteiger partial charge in [-0.2, -0.15) is 0 Å². The Kier molecular flexibility index (Phi) is 17.3. The third-order valence-corrected chi connectivity index (χ3v) is 15.8. The lowest BCUT2D eigenvalue weighted by Gasteiger charge is -2.23. The van der Waals surface area contributed by atoms with E-state index in [1.165, 1.54) is 11.1 Å². The van der Waals surface area contributed by atoms with Crippen LogP contribution in [0.3, 0.4) is 0 Å². The number of ketones is 2. The van der Waals surface area contributed by atoms with E-state index in [2.05, 4.69) is 36.6 Å². The Bertz CT molecular complexity index is 3050. The number of nitrogens with one attached hydrogen (secondary N) is 2. The molecule has 0 saturated carbocycles. The number of para-hydroxylation sites is 2. The molecule has 77 heavy (non-hydrogen) atoms. The van der Waals surface area contributed by atoms with Gasteiger partial charge >= 0.3 is 0 Å². The summed E-state index contributed by atoms with van der Waals surface area (Å²) in [5.41, 5.74) is 10.2. The fourth-order valence-electron chi connectivity index (χ4n) is 11.6. The number of carbonyl (C=O) groups is 6. The molecule has 5 aromatic carbocycles. The van der Waals surface area contributed by atoms with E-state index in [9.17, 15) is 28.8 Å². The Balaban J connectivity index is 0.874. The number of unbranched alkanes of at least 4 members (excludes halogenated alkanes) is 2. The molecule has 0 unspecified atom stereocenters. The van der Waals surface area contributed by atoms with Gasteiger partial charge in [-0.05, 0) is 171 Å². The fourth-order valence-corrected chi connectivity index (χ4v) is 11.6. The van der Waals surface area contributed by atoms with E-state index in [0.29, 0.717) is 72.1 Å². The van der Waals surface area contributed by atoms with Gasteiger partial charge in [-0.15, -0.1) is 0 Å². The van der Waals surface area contributed by atoms with Crippen molar-refractivity contribution in [3.05, 3.63) is 141 Å². The van der Waals surface area contributed by atoms with Crippen LogP contribution in [-0.2, 0) is 58.1 Å². The summed E-state index contributed by atoms with van der Waals surface area (Å²) in [6.45, 7) is 9.85. The van der Waals surface area contributed by atoms with Gasteiger partial charge in [-0.3, -0.25) is 28.8 Å². The number of ether oxygens (including phenoxy) is 3. The minimum absolute atomic E-state index is 0.00736. The topological polar surface area (TPSA) is 161 Å². The summed E-state index contributed by atoms with van der Waals surface area (Å²) >= 11 is 0. The lowest BCUT2D eigenvalue weighted by atomic mass is 9.98. The van der Waals surface area contributed by atoms with Crippen LogP contribution in [0, 0.1) is 18.8 Å². The predicted octanol–water partition coefficient (Wildman–Crippen LogP) is 11.6. The van der Waals surface area contributed by atoms with Crippen molar-refractivity contribution in [2.45, 2.75) is 162 Å². The Labute approximate surface area is 453 Å². The molecule has 4 atom stereocenters. The van der Waals surface area contributed by atoms with Crippen molar-refractivity contribution in [1.82, 2.24) is 5.32 Å². The van der Waals surface area contributed by atoms with Crippen LogP contribution in [0.4, 0.5) is 17.1 Å². The van der Waals surface area contributed by atoms with Crippen LogP contribution in [0.2, 0.25) is 0 Å². The Morgan fingerprint density at radius 2 is 1.18 bits per heavy atom. The van der Waals surface area contributed by atoms with Gasteiger partial charge in [0.15, 0.2) is 17.3 Å². The molecule has 13 nitrogen and oxygen atoms in total. The number of rotatable bonds is 23. The monoisotopic (exact) mass is 1040 g/mol. The van der Waals surface area contributed by atoms with Gasteiger partial charge in [0.1, 0.15) is 24.7 Å². The molecule has 2 N–H and O–H groups in total. The second-order valence-corrected chi connectivity index (χ2v) is 22.2. The molecule has 13 heteroatoms. The minimum Gasteiger partial charge on any atom is -0.493 e. The molecule has 404 valence electrons. The van der Waals surface area contributed by atoms with Crippen molar-refractivity contribution in [2.24, 2.45) is 11.8 Å². The summed E-state index contributed by atoms with van der Waals surface area (Å²) in [6, 6.07) is 28.8. The first kappa shape index (κ1) is 54.5. The fraction of sp³-hybridized carbons (Fsp3) is 0.438. The molecule has 0 aromatic heterocycles. The number of methoxy groups -OCH3 is 1. The number of carbonyl (C=O) groups excluding carboxylic acids is 6. The first-order chi connectivity index (χ1) is 37.1. The molecule has 4 amide bonds. The molecule has 5 aromatic rings. The molecule has 0 saturated heterocycles. The number of anilines is 3. The lowest BCUT2D eigenvalue weighted by Crippen LogP contribution is -2.39. The lowest BCUT2D eigenvalue weighted by molar-refractivity contribution is -0.129. The van der Waals surface area contributed by atoms with E-state index in [0.717, 1.165) is 90.6 Å². The van der Waals surface area contributed by atoms with Crippen LogP contribution in [0.25, 0.3) is 0 Å². The average Bonchev–Trinajstić information content (AvgIpc) is 3.98. The van der Waals surface area contributed by atoms with E-state index in [-0.39, 0.29) is 73.3 Å². The number of benzene rings is 5. The Hall–Kier alpha value is -7.28. The summed E-state index contributed by atoms with van der Waals surface area (Å²) in [4.78, 5) is 84.6. The third-order valence-electron chi connectivity index (χ3n) is 15.8. The average molecular weight is 1040 g/mol. The third kappa shape index (κ3) is 12.8. The molecule has 4 aliphatic heterocycles. The van der Waals surface area contributed by atoms with Crippen molar-refractivity contribution in [1.29, 1.82) is 0 Å². The first-order valence-electron chi connectivity index (χ1n) is 27.8. The van der Waals surface area contributed by atoms with Crippen molar-refractivity contribution in [2.75, 3.05) is 22.2 Å². The van der Waals surface area contributed by atoms with Crippen LogP contribution >= 0.6 is 0 Å². The zero-order valence-electron chi connectivity index (χ0n) is 45.6. The number of Topliss-reactive ketones (excluding diaryl/α,β-unsaturated/α-hetero) is 2. The normalized spacial score (nSPS) is 16.9. The van der Waals surface area contributed by atoms with E-state index in [1.807, 2.05) is 89.5 Å². The quantitative estimate of drug-likeness (QED) is 0.0607. The highest BCUT2D eigenvalue weighted by molar-refractivity contribution is 6.10. The molecule has 0 fully saturated rings. The van der Waals surface area contributed by atoms with Crippen molar-refractivity contribution in [3.63, 3.8) is 0 Å². The number of amides is 4. The van der Waals surface area contributed by atoms with Gasteiger partial charge < -0.3 is 34.6 Å². The summed E-state index contributed by atoms with van der Waals surface area (Å²) < 4.78 is 18.9. The van der Waals surface area contributed by atoms with Crippen LogP contribution in [0.5, 0.6) is 17.2 Å². The maximum atomic E-state index is 14.2. The number of nitrogens with zero attached hydrogens (tertiary/aromatic N) is 2. The van der Waals surface area contributed by atoms with E-state index < -0.39 is 12.0 Å². The highest BCUT2D eigenvalue weighted by Crippen LogP contribution is 2.42. The summed E-state index contributed by atoms with van der Waals surface area (Å²) in [5.74, 6) is 0.763. The van der Waals surface area contributed by atoms with Gasteiger partial charge in [0, 0.05) is 71.9 Å². The molecule has 9 rings (SSSR count). The molecule has 4 heterocycles. The van der Waals surface area contributed by atoms with Gasteiger partial charge in [0.25, 0.3) is 11.8 Å². The first-order valence-corrected chi connectivity index (χ1v) is 27.8. The van der Waals surface area contributed by atoms with Gasteiger partial charge in [-0.25, -0.2) is 0 Å². The predicted molar refractivity (Wildman–Crippen MR) is 299 cm³/mol. The Morgan fingerprint density at radius 3 is 1.78 bits per heavy atom. The largest absolute Gasteiger partial charge is 0.493 e. The van der Waals surface area contributed by atoms with Crippen LogP contribution in [-0.4, -0.2) is 60.4 Å². The van der Waals surface area contributed by atoms with Crippen LogP contribution in [0.1, 0.15) is 158 Å². The van der Waals surface area contributed by atoms with E-state index in [4.69, 9.17) is 14.2 Å². The summed E-state index contributed by atoms with van der Waals surface area (Å²) in [7, 11) is 1.56. The number of hydrogen-bond acceptors (Lipinski definition) is 9. The summed E-state index contributed by atoms with van der Waals surface area (Å²) in [5, 5.41) is 5.82. The summed E-state index contributed by atoms with van der Waals surface area (Å²) in [6.07, 6.45) is 10.1. The zero-order valence-corrected chi connectivity index (χ0v) is 45.6. The standard InChI is InChI=1S/C64H74N4O9/c1-39(2)15-7-10-18-52(69)19-11-14-22-61(71)65-42(5)57(70)28-41(4)62(72)66-49-30-43(37-76-58-34-45-23-25-50-32-47-16-8-12-20-55(47)67(50)63(73)53(45)27-40(58)3)29-44(31-49)38-77-60-35-46-24-26-51-33-48-17-9-13-21-56(48)68(51)64(74)54(46)36-59(60)75-6/h8-9,12-13,16-17,20-21,27,29-31,34-36,39,41-42,50-51H,7,10-11,14-15,18-19,22-26,28,32-33,37-38H2,1-6H3,(H,65,71)(H,66,72)/t41-,42+,50-,51-/m1/s1. The van der Waals surface area contributed by atoms with Crippen molar-refractivity contribution < 1.29 is 43.0 Å². The number of aryl methyl sites for hydroxylation is 3. The molecule has 4 aliphatic rings. The second kappa shape index (κ2) is 24.4. The maximum absolute atomic E-state index is 14.2. The molecular formula is C64H74N4O9. The highest BCUT2D eigenvalue weighted by atomic mass is 16.5. The minimum atomic E-state index is -0.787. The molecule has 0 radical (unpaired) electrons. The highest BCUT2D eigenvalue weighted by Gasteiger charge is 2.39. The molecule has 0 aliphatic carbocycles. The maximum Gasteiger partial charge on any atom is 0.258 e. The Morgan fingerprint density at radius 1 is 0.636 bits per heavy atom. The van der Waals surface area contributed by atoms with Gasteiger partial charge in [-0.1, -0.05) is 70.0 Å². The van der Waals surface area contributed by atoms with Gasteiger partial charge in [0.2, 0.25) is 11.8 Å². The smallest absolute Gasteiger partial charge is 0.258 e. The molecule has 0 spiro atoms. The van der Waals surface area contributed by atoms with Gasteiger partial charge in [0.05, 0.1) is 13.2 Å². The van der Waals surface area contributed by atoms with E-state index >= 15 is 0 Å².